The van der Waals surface area contributed by atoms with Gasteiger partial charge in [-0.25, -0.2) is 9.80 Å². The summed E-state index contributed by atoms with van der Waals surface area (Å²) in [5.74, 6) is 0. The zero-order valence-electron chi connectivity index (χ0n) is 10.9. The van der Waals surface area contributed by atoms with Crippen LogP contribution in [0.2, 0.25) is 0 Å². The lowest BCUT2D eigenvalue weighted by Crippen LogP contribution is -2.51. The van der Waals surface area contributed by atoms with Crippen LogP contribution in [0, 0.1) is 0 Å². The van der Waals surface area contributed by atoms with Crippen LogP contribution >= 0.6 is 0 Å². The van der Waals surface area contributed by atoms with Crippen LogP contribution < -0.4 is 5.32 Å². The number of hydrogen-bond donors (Lipinski definition) is 1. The summed E-state index contributed by atoms with van der Waals surface area (Å²) in [5.41, 5.74) is 1.16. The summed E-state index contributed by atoms with van der Waals surface area (Å²) in [6.45, 7) is 2.58. The monoisotopic (exact) mass is 247 g/mol. The van der Waals surface area contributed by atoms with Gasteiger partial charge in [0.25, 0.3) is 0 Å². The van der Waals surface area contributed by atoms with Crippen LogP contribution in [0.25, 0.3) is 0 Å². The lowest BCUT2D eigenvalue weighted by molar-refractivity contribution is -0.00745. The van der Waals surface area contributed by atoms with E-state index in [1.54, 1.807) is 7.05 Å². The number of nitrogens with one attached hydrogen (secondary N) is 1. The third kappa shape index (κ3) is 3.23. The van der Waals surface area contributed by atoms with Gasteiger partial charge in [0.15, 0.2) is 0 Å². The first-order valence-corrected chi connectivity index (χ1v) is 6.59. The van der Waals surface area contributed by atoms with Gasteiger partial charge in [-0.1, -0.05) is 36.8 Å². The molecule has 0 unspecified atom stereocenters. The summed E-state index contributed by atoms with van der Waals surface area (Å²) in [6.07, 6.45) is 3.61. The maximum absolute atomic E-state index is 12.0. The lowest BCUT2D eigenvalue weighted by atomic mass is 10.1. The molecule has 0 aliphatic carbocycles. The molecule has 2 rings (SSSR count). The van der Waals surface area contributed by atoms with Gasteiger partial charge in [0.2, 0.25) is 0 Å². The van der Waals surface area contributed by atoms with Crippen LogP contribution in [0.5, 0.6) is 0 Å². The zero-order chi connectivity index (χ0) is 12.8. The number of benzene rings is 1. The number of carbonyl (C=O) groups is 1. The maximum Gasteiger partial charge on any atom is 0.331 e. The highest BCUT2D eigenvalue weighted by molar-refractivity contribution is 5.73. The Balaban J connectivity index is 2.07. The summed E-state index contributed by atoms with van der Waals surface area (Å²) < 4.78 is 0. The van der Waals surface area contributed by atoms with Crippen molar-refractivity contribution in [2.75, 3.05) is 20.1 Å². The van der Waals surface area contributed by atoms with Crippen LogP contribution in [-0.2, 0) is 6.54 Å². The van der Waals surface area contributed by atoms with E-state index in [0.717, 1.165) is 18.7 Å². The van der Waals surface area contributed by atoms with E-state index >= 15 is 0 Å². The highest BCUT2D eigenvalue weighted by atomic mass is 16.2. The summed E-state index contributed by atoms with van der Waals surface area (Å²) in [4.78, 5) is 12.0. The Morgan fingerprint density at radius 3 is 2.50 bits per heavy atom. The average molecular weight is 247 g/mol. The molecule has 1 heterocycles. The first-order valence-electron chi connectivity index (χ1n) is 6.59. The molecule has 2 amide bonds. The van der Waals surface area contributed by atoms with Crippen molar-refractivity contribution in [2.45, 2.75) is 25.8 Å². The number of nitrogens with zero attached hydrogens (tertiary/aromatic N) is 2. The van der Waals surface area contributed by atoms with E-state index in [1.165, 1.54) is 19.3 Å². The van der Waals surface area contributed by atoms with Gasteiger partial charge in [-0.15, -0.1) is 0 Å². The van der Waals surface area contributed by atoms with Crippen molar-refractivity contribution in [2.24, 2.45) is 0 Å². The van der Waals surface area contributed by atoms with Gasteiger partial charge in [0, 0.05) is 20.1 Å². The molecule has 0 saturated carbocycles. The molecule has 0 spiro atoms. The van der Waals surface area contributed by atoms with Crippen molar-refractivity contribution >= 4 is 6.03 Å². The Morgan fingerprint density at radius 1 is 1.22 bits per heavy atom. The lowest BCUT2D eigenvalue weighted by Gasteiger charge is -2.37. The fourth-order valence-corrected chi connectivity index (χ4v) is 2.30. The van der Waals surface area contributed by atoms with E-state index in [0.29, 0.717) is 6.54 Å². The van der Waals surface area contributed by atoms with E-state index in [-0.39, 0.29) is 6.03 Å². The van der Waals surface area contributed by atoms with Crippen molar-refractivity contribution in [1.82, 2.24) is 15.3 Å². The van der Waals surface area contributed by atoms with E-state index < -0.39 is 0 Å². The second kappa shape index (κ2) is 6.40. The molecule has 4 nitrogen and oxygen atoms in total. The number of urea groups is 1. The van der Waals surface area contributed by atoms with Gasteiger partial charge < -0.3 is 5.32 Å². The number of carbonyl (C=O) groups excluding carboxylic acids is 1. The standard InChI is InChI=1S/C14H21N3O/c1-15-14(18)17(16-10-6-3-7-11-16)12-13-8-4-2-5-9-13/h2,4-5,8-9H,3,6-7,10-12H2,1H3,(H,15,18). The van der Waals surface area contributed by atoms with Crippen molar-refractivity contribution < 1.29 is 4.79 Å². The minimum atomic E-state index is -0.0271. The normalized spacial score (nSPS) is 16.3. The molecule has 1 aromatic rings. The summed E-state index contributed by atoms with van der Waals surface area (Å²) >= 11 is 0. The van der Waals surface area contributed by atoms with Crippen LogP contribution in [0.15, 0.2) is 30.3 Å². The molecule has 0 radical (unpaired) electrons. The molecule has 1 fully saturated rings. The van der Waals surface area contributed by atoms with Crippen molar-refractivity contribution in [3.63, 3.8) is 0 Å². The Morgan fingerprint density at radius 2 is 1.89 bits per heavy atom. The van der Waals surface area contributed by atoms with Gasteiger partial charge in [-0.2, -0.15) is 0 Å². The molecule has 1 N–H and O–H groups in total. The van der Waals surface area contributed by atoms with Crippen molar-refractivity contribution in [3.8, 4) is 0 Å². The second-order valence-electron chi connectivity index (χ2n) is 4.61. The number of hydrogen-bond acceptors (Lipinski definition) is 2. The molecule has 1 aromatic carbocycles. The third-order valence-electron chi connectivity index (χ3n) is 3.30. The van der Waals surface area contributed by atoms with Gasteiger partial charge in [0.05, 0.1) is 6.54 Å². The zero-order valence-corrected chi connectivity index (χ0v) is 10.9. The smallest absolute Gasteiger partial charge is 0.331 e. The third-order valence-corrected chi connectivity index (χ3v) is 3.30. The van der Waals surface area contributed by atoms with E-state index in [4.69, 9.17) is 0 Å². The first kappa shape index (κ1) is 12.9. The molecule has 0 aromatic heterocycles. The quantitative estimate of drug-likeness (QED) is 0.889. The molecular weight excluding hydrogens is 226 g/mol. The fourth-order valence-electron chi connectivity index (χ4n) is 2.30. The second-order valence-corrected chi connectivity index (χ2v) is 4.61. The molecule has 1 aliphatic heterocycles. The topological polar surface area (TPSA) is 35.6 Å². The number of piperidine rings is 1. The Bertz CT molecular complexity index is 374. The fraction of sp³-hybridized carbons (Fsp3) is 0.500. The summed E-state index contributed by atoms with van der Waals surface area (Å²) in [5, 5.41) is 6.72. The SMILES string of the molecule is CNC(=O)N(Cc1ccccc1)N1CCCCC1. The largest absolute Gasteiger partial charge is 0.340 e. The highest BCUT2D eigenvalue weighted by Gasteiger charge is 2.22. The maximum atomic E-state index is 12.0. The van der Waals surface area contributed by atoms with Gasteiger partial charge >= 0.3 is 6.03 Å². The molecule has 1 saturated heterocycles. The highest BCUT2D eigenvalue weighted by Crippen LogP contribution is 2.14. The van der Waals surface area contributed by atoms with Crippen molar-refractivity contribution in [1.29, 1.82) is 0 Å². The molecule has 98 valence electrons. The van der Waals surface area contributed by atoms with Gasteiger partial charge in [0.1, 0.15) is 0 Å². The van der Waals surface area contributed by atoms with Crippen LogP contribution in [0.4, 0.5) is 4.79 Å². The molecule has 0 bridgehead atoms. The van der Waals surface area contributed by atoms with Crippen LogP contribution in [-0.4, -0.2) is 36.2 Å². The van der Waals surface area contributed by atoms with Crippen LogP contribution in [0.3, 0.4) is 0 Å². The average Bonchev–Trinajstić information content (AvgIpc) is 2.46. The number of amides is 2. The van der Waals surface area contributed by atoms with Crippen LogP contribution in [0.1, 0.15) is 24.8 Å². The minimum Gasteiger partial charge on any atom is -0.340 e. The van der Waals surface area contributed by atoms with E-state index in [9.17, 15) is 4.79 Å². The molecule has 1 aliphatic rings. The predicted molar refractivity (Wildman–Crippen MR) is 71.9 cm³/mol. The predicted octanol–water partition coefficient (Wildman–Crippen LogP) is 2.23. The Labute approximate surface area is 109 Å². The van der Waals surface area contributed by atoms with Gasteiger partial charge in [-0.05, 0) is 18.4 Å². The summed E-state index contributed by atoms with van der Waals surface area (Å²) in [6, 6.07) is 10.1. The molecule has 18 heavy (non-hydrogen) atoms. The van der Waals surface area contributed by atoms with Gasteiger partial charge in [-0.3, -0.25) is 5.01 Å². The van der Waals surface area contributed by atoms with Crippen molar-refractivity contribution in [3.05, 3.63) is 35.9 Å². The van der Waals surface area contributed by atoms with E-state index in [1.807, 2.05) is 23.2 Å². The Kier molecular flexibility index (Phi) is 4.59. The van der Waals surface area contributed by atoms with E-state index in [2.05, 4.69) is 22.5 Å². The molecular formula is C14H21N3O. The Hall–Kier alpha value is -1.55. The first-order chi connectivity index (χ1) is 8.81. The molecule has 4 heteroatoms. The summed E-state index contributed by atoms with van der Waals surface area (Å²) in [7, 11) is 1.68. The minimum absolute atomic E-state index is 0.0271. The number of rotatable bonds is 3. The number of hydrazine groups is 1. The molecule has 0 atom stereocenters.